The van der Waals surface area contributed by atoms with Crippen LogP contribution in [0.25, 0.3) is 11.3 Å². The van der Waals surface area contributed by atoms with Crippen LogP contribution in [0.4, 0.5) is 0 Å². The number of carboxylic acid groups (broad SMARTS) is 1. The van der Waals surface area contributed by atoms with E-state index in [-0.39, 0.29) is 0 Å². The summed E-state index contributed by atoms with van der Waals surface area (Å²) < 4.78 is 1.97. The fourth-order valence-electron chi connectivity index (χ4n) is 3.47. The number of carboxylic acids is 1. The van der Waals surface area contributed by atoms with Crippen LogP contribution in [0.2, 0.25) is 0 Å². The molecule has 1 heterocycles. The average Bonchev–Trinajstić information content (AvgIpc) is 3.10. The number of aryl methyl sites for hydroxylation is 1. The third-order valence-corrected chi connectivity index (χ3v) is 5.11. The molecule has 0 spiro atoms. The smallest absolute Gasteiger partial charge is 0.307 e. The van der Waals surface area contributed by atoms with Gasteiger partial charge in [0.15, 0.2) is 0 Å². The lowest BCUT2D eigenvalue weighted by atomic mass is 10.0. The van der Waals surface area contributed by atoms with E-state index >= 15 is 0 Å². The first-order chi connectivity index (χ1) is 14.0. The number of hydrogen-bond acceptors (Lipinski definition) is 3. The van der Waals surface area contributed by atoms with Gasteiger partial charge in [-0.25, -0.2) is 0 Å². The van der Waals surface area contributed by atoms with Crippen molar-refractivity contribution in [3.63, 3.8) is 0 Å². The Labute approximate surface area is 172 Å². The van der Waals surface area contributed by atoms with E-state index in [1.807, 2.05) is 34.8 Å². The van der Waals surface area contributed by atoms with Crippen LogP contribution in [-0.2, 0) is 24.3 Å². The summed E-state index contributed by atoms with van der Waals surface area (Å²) >= 11 is 0. The van der Waals surface area contributed by atoms with E-state index in [4.69, 9.17) is 5.10 Å². The molecule has 1 atom stereocenters. The van der Waals surface area contributed by atoms with E-state index in [1.165, 1.54) is 11.1 Å². The molecular formula is C24H29N3O2. The molecule has 1 N–H and O–H groups in total. The first-order valence-electron chi connectivity index (χ1n) is 10.1. The lowest BCUT2D eigenvalue weighted by molar-refractivity contribution is -0.141. The standard InChI is InChI=1S/C24H29N3O2/c1-4-19-10-12-21(13-11-19)23-22(16-26(3)14-18(2)24(28)29)17-27(25-23)15-20-8-6-5-7-9-20/h5-13,17-18H,4,14-16H2,1-3H3,(H,28,29). The van der Waals surface area contributed by atoms with Crippen molar-refractivity contribution in [3.05, 3.63) is 77.5 Å². The van der Waals surface area contributed by atoms with Gasteiger partial charge < -0.3 is 10.0 Å². The van der Waals surface area contributed by atoms with Crippen LogP contribution in [0.1, 0.15) is 30.5 Å². The maximum atomic E-state index is 11.2. The maximum Gasteiger partial charge on any atom is 0.307 e. The number of rotatable bonds is 9. The second-order valence-corrected chi connectivity index (χ2v) is 7.67. The zero-order valence-corrected chi connectivity index (χ0v) is 17.4. The molecular weight excluding hydrogens is 362 g/mol. The van der Waals surface area contributed by atoms with Gasteiger partial charge in [-0.2, -0.15) is 5.10 Å². The molecule has 1 unspecified atom stereocenters. The molecule has 0 aliphatic carbocycles. The Kier molecular flexibility index (Phi) is 6.83. The number of benzene rings is 2. The van der Waals surface area contributed by atoms with Crippen molar-refractivity contribution in [1.29, 1.82) is 0 Å². The van der Waals surface area contributed by atoms with E-state index in [9.17, 15) is 9.90 Å². The van der Waals surface area contributed by atoms with Gasteiger partial charge in [0, 0.05) is 30.4 Å². The van der Waals surface area contributed by atoms with E-state index in [2.05, 4.69) is 49.5 Å². The summed E-state index contributed by atoms with van der Waals surface area (Å²) in [6.45, 7) is 5.73. The second kappa shape index (κ2) is 9.52. The molecule has 0 aliphatic rings. The monoisotopic (exact) mass is 391 g/mol. The van der Waals surface area contributed by atoms with Crippen LogP contribution in [0.3, 0.4) is 0 Å². The van der Waals surface area contributed by atoms with Crippen molar-refractivity contribution in [2.45, 2.75) is 33.4 Å². The Balaban J connectivity index is 1.87. The number of aliphatic carboxylic acids is 1. The fourth-order valence-corrected chi connectivity index (χ4v) is 3.47. The van der Waals surface area contributed by atoms with Gasteiger partial charge >= 0.3 is 5.97 Å². The lowest BCUT2D eigenvalue weighted by Gasteiger charge is -2.18. The predicted molar refractivity (Wildman–Crippen MR) is 116 cm³/mol. The van der Waals surface area contributed by atoms with Gasteiger partial charge in [-0.05, 0) is 24.6 Å². The summed E-state index contributed by atoms with van der Waals surface area (Å²) in [5.41, 5.74) is 5.64. The van der Waals surface area contributed by atoms with Gasteiger partial charge in [0.25, 0.3) is 0 Å². The predicted octanol–water partition coefficient (Wildman–Crippen LogP) is 4.31. The zero-order valence-electron chi connectivity index (χ0n) is 17.4. The molecule has 0 amide bonds. The summed E-state index contributed by atoms with van der Waals surface area (Å²) in [4.78, 5) is 13.2. The Bertz CT molecular complexity index is 933. The number of carbonyl (C=O) groups is 1. The third kappa shape index (κ3) is 5.55. The minimum atomic E-state index is -0.771. The van der Waals surface area contributed by atoms with Crippen molar-refractivity contribution in [2.75, 3.05) is 13.6 Å². The molecule has 0 saturated carbocycles. The molecule has 5 heteroatoms. The Morgan fingerprint density at radius 3 is 2.41 bits per heavy atom. The Morgan fingerprint density at radius 2 is 1.79 bits per heavy atom. The van der Waals surface area contributed by atoms with Crippen molar-refractivity contribution < 1.29 is 9.90 Å². The Morgan fingerprint density at radius 1 is 1.10 bits per heavy atom. The molecule has 152 valence electrons. The van der Waals surface area contributed by atoms with Crippen molar-refractivity contribution >= 4 is 5.97 Å². The highest BCUT2D eigenvalue weighted by Gasteiger charge is 2.17. The minimum absolute atomic E-state index is 0.411. The molecule has 0 saturated heterocycles. The molecule has 3 aromatic rings. The quantitative estimate of drug-likeness (QED) is 0.590. The molecule has 0 bridgehead atoms. The van der Waals surface area contributed by atoms with E-state index < -0.39 is 11.9 Å². The average molecular weight is 392 g/mol. The van der Waals surface area contributed by atoms with E-state index in [0.29, 0.717) is 19.6 Å². The highest BCUT2D eigenvalue weighted by Crippen LogP contribution is 2.24. The largest absolute Gasteiger partial charge is 0.481 e. The zero-order chi connectivity index (χ0) is 20.8. The first-order valence-corrected chi connectivity index (χ1v) is 10.1. The Hall–Kier alpha value is -2.92. The number of hydrogen-bond donors (Lipinski definition) is 1. The fraction of sp³-hybridized carbons (Fsp3) is 0.333. The SMILES string of the molecule is CCc1ccc(-c2nn(Cc3ccccc3)cc2CN(C)CC(C)C(=O)O)cc1. The van der Waals surface area contributed by atoms with E-state index in [0.717, 1.165) is 23.2 Å². The molecule has 29 heavy (non-hydrogen) atoms. The van der Waals surface area contributed by atoms with Crippen molar-refractivity contribution in [2.24, 2.45) is 5.92 Å². The molecule has 0 aliphatic heterocycles. The first kappa shape index (κ1) is 20.8. The molecule has 0 radical (unpaired) electrons. The van der Waals surface area contributed by atoms with Gasteiger partial charge in [-0.3, -0.25) is 9.48 Å². The van der Waals surface area contributed by atoms with Crippen LogP contribution in [0, 0.1) is 5.92 Å². The number of nitrogens with zero attached hydrogens (tertiary/aromatic N) is 3. The highest BCUT2D eigenvalue weighted by molar-refractivity contribution is 5.69. The lowest BCUT2D eigenvalue weighted by Crippen LogP contribution is -2.28. The van der Waals surface area contributed by atoms with Crippen molar-refractivity contribution in [3.8, 4) is 11.3 Å². The summed E-state index contributed by atoms with van der Waals surface area (Å²) in [6, 6.07) is 18.8. The van der Waals surface area contributed by atoms with Gasteiger partial charge in [-0.15, -0.1) is 0 Å². The van der Waals surface area contributed by atoms with Crippen LogP contribution >= 0.6 is 0 Å². The molecule has 5 nitrogen and oxygen atoms in total. The van der Waals surface area contributed by atoms with Crippen LogP contribution in [0.15, 0.2) is 60.8 Å². The topological polar surface area (TPSA) is 58.4 Å². The highest BCUT2D eigenvalue weighted by atomic mass is 16.4. The summed E-state index contributed by atoms with van der Waals surface area (Å²) in [5, 5.41) is 14.1. The molecule has 1 aromatic heterocycles. The van der Waals surface area contributed by atoms with Gasteiger partial charge in [-0.1, -0.05) is 68.4 Å². The molecule has 2 aromatic carbocycles. The molecule has 0 fully saturated rings. The second-order valence-electron chi connectivity index (χ2n) is 7.67. The normalized spacial score (nSPS) is 12.3. The molecule has 3 rings (SSSR count). The van der Waals surface area contributed by atoms with Gasteiger partial charge in [0.1, 0.15) is 0 Å². The van der Waals surface area contributed by atoms with Gasteiger partial charge in [0.05, 0.1) is 18.2 Å². The van der Waals surface area contributed by atoms with Crippen LogP contribution < -0.4 is 0 Å². The summed E-state index contributed by atoms with van der Waals surface area (Å²) in [5.74, 6) is -1.18. The summed E-state index contributed by atoms with van der Waals surface area (Å²) in [7, 11) is 1.96. The third-order valence-electron chi connectivity index (χ3n) is 5.11. The van der Waals surface area contributed by atoms with Crippen LogP contribution in [0.5, 0.6) is 0 Å². The minimum Gasteiger partial charge on any atom is -0.481 e. The summed E-state index contributed by atoms with van der Waals surface area (Å²) in [6.07, 6.45) is 3.09. The number of aromatic nitrogens is 2. The van der Waals surface area contributed by atoms with Crippen LogP contribution in [-0.4, -0.2) is 39.3 Å². The van der Waals surface area contributed by atoms with Gasteiger partial charge in [0.2, 0.25) is 0 Å². The maximum absolute atomic E-state index is 11.2. The van der Waals surface area contributed by atoms with Crippen molar-refractivity contribution in [1.82, 2.24) is 14.7 Å². The van der Waals surface area contributed by atoms with E-state index in [1.54, 1.807) is 6.92 Å².